The molecule has 0 spiro atoms. The topological polar surface area (TPSA) is 56.0 Å². The zero-order valence-electron chi connectivity index (χ0n) is 7.45. The Bertz CT molecular complexity index is 170. The van der Waals surface area contributed by atoms with Crippen molar-refractivity contribution in [2.45, 2.75) is 38.3 Å². The third-order valence-corrected chi connectivity index (χ3v) is 2.36. The van der Waals surface area contributed by atoms with Crippen LogP contribution in [0.2, 0.25) is 0 Å². The van der Waals surface area contributed by atoms with Gasteiger partial charge < -0.3 is 10.4 Å². The number of nitrogens with one attached hydrogen (secondary N) is 1. The lowest BCUT2D eigenvalue weighted by Crippen LogP contribution is -2.39. The van der Waals surface area contributed by atoms with Crippen LogP contribution in [0.3, 0.4) is 0 Å². The summed E-state index contributed by atoms with van der Waals surface area (Å²) < 4.78 is 0. The Morgan fingerprint density at radius 3 is 2.83 bits per heavy atom. The minimum Gasteiger partial charge on any atom is -0.393 e. The number of aliphatic hydroxyl groups excluding tert-OH is 1. The van der Waals surface area contributed by atoms with Crippen molar-refractivity contribution in [3.8, 4) is 6.07 Å². The molecule has 0 heterocycles. The molecule has 0 aliphatic heterocycles. The molecule has 3 nitrogen and oxygen atoms in total. The highest BCUT2D eigenvalue weighted by molar-refractivity contribution is 4.83. The standard InChI is InChI=1S/C9H16N2O/c1-7(2-3-10)11-6-8-4-9(12)5-8/h7-9,11-12H,2,4-6H2,1H3. The summed E-state index contributed by atoms with van der Waals surface area (Å²) in [6, 6.07) is 2.41. The fourth-order valence-electron chi connectivity index (χ4n) is 1.44. The van der Waals surface area contributed by atoms with Crippen LogP contribution >= 0.6 is 0 Å². The van der Waals surface area contributed by atoms with E-state index in [1.54, 1.807) is 0 Å². The second-order valence-corrected chi connectivity index (χ2v) is 3.66. The Morgan fingerprint density at radius 1 is 1.67 bits per heavy atom. The lowest BCUT2D eigenvalue weighted by Gasteiger charge is -2.32. The van der Waals surface area contributed by atoms with E-state index in [1.807, 2.05) is 6.92 Å². The van der Waals surface area contributed by atoms with Crippen LogP contribution in [-0.2, 0) is 0 Å². The van der Waals surface area contributed by atoms with Gasteiger partial charge in [0.25, 0.3) is 0 Å². The van der Waals surface area contributed by atoms with Gasteiger partial charge in [0.05, 0.1) is 18.6 Å². The maximum Gasteiger partial charge on any atom is 0.0638 e. The summed E-state index contributed by atoms with van der Waals surface area (Å²) in [5, 5.41) is 20.7. The largest absolute Gasteiger partial charge is 0.393 e. The third-order valence-electron chi connectivity index (χ3n) is 2.36. The SMILES string of the molecule is CC(CC#N)NCC1CC(O)C1. The van der Waals surface area contributed by atoms with Crippen molar-refractivity contribution in [2.75, 3.05) is 6.54 Å². The fraction of sp³-hybridized carbons (Fsp3) is 0.889. The minimum absolute atomic E-state index is 0.0666. The van der Waals surface area contributed by atoms with E-state index in [1.165, 1.54) is 0 Å². The minimum atomic E-state index is -0.0666. The first-order valence-electron chi connectivity index (χ1n) is 4.50. The van der Waals surface area contributed by atoms with Crippen LogP contribution in [0, 0.1) is 17.2 Å². The molecule has 1 fully saturated rings. The maximum atomic E-state index is 9.01. The zero-order valence-corrected chi connectivity index (χ0v) is 7.45. The van der Waals surface area contributed by atoms with Gasteiger partial charge in [0.2, 0.25) is 0 Å². The molecule has 0 aromatic carbocycles. The molecule has 0 bridgehead atoms. The van der Waals surface area contributed by atoms with E-state index in [0.717, 1.165) is 19.4 Å². The highest BCUT2D eigenvalue weighted by atomic mass is 16.3. The van der Waals surface area contributed by atoms with E-state index in [0.29, 0.717) is 12.3 Å². The van der Waals surface area contributed by atoms with E-state index in [9.17, 15) is 0 Å². The lowest BCUT2D eigenvalue weighted by atomic mass is 9.82. The van der Waals surface area contributed by atoms with E-state index in [-0.39, 0.29) is 12.1 Å². The van der Waals surface area contributed by atoms with Gasteiger partial charge >= 0.3 is 0 Å². The summed E-state index contributed by atoms with van der Waals surface area (Å²) >= 11 is 0. The first-order valence-corrected chi connectivity index (χ1v) is 4.50. The number of nitriles is 1. The average Bonchev–Trinajstić information content (AvgIpc) is 1.96. The van der Waals surface area contributed by atoms with Crippen LogP contribution in [0.25, 0.3) is 0 Å². The average molecular weight is 168 g/mol. The van der Waals surface area contributed by atoms with Crippen molar-refractivity contribution in [3.63, 3.8) is 0 Å². The normalized spacial score (nSPS) is 30.4. The van der Waals surface area contributed by atoms with Gasteiger partial charge in [-0.15, -0.1) is 0 Å². The molecule has 1 unspecified atom stereocenters. The summed E-state index contributed by atoms with van der Waals surface area (Å²) in [4.78, 5) is 0. The molecule has 68 valence electrons. The summed E-state index contributed by atoms with van der Waals surface area (Å²) in [5.74, 6) is 0.626. The Morgan fingerprint density at radius 2 is 2.33 bits per heavy atom. The number of nitrogens with zero attached hydrogens (tertiary/aromatic N) is 1. The first kappa shape index (κ1) is 9.50. The van der Waals surface area contributed by atoms with Gasteiger partial charge in [-0.05, 0) is 32.2 Å². The number of hydrogen-bond donors (Lipinski definition) is 2. The Balaban J connectivity index is 1.99. The molecule has 12 heavy (non-hydrogen) atoms. The van der Waals surface area contributed by atoms with Crippen molar-refractivity contribution in [2.24, 2.45) is 5.92 Å². The van der Waals surface area contributed by atoms with Crippen molar-refractivity contribution in [1.29, 1.82) is 5.26 Å². The predicted molar refractivity (Wildman–Crippen MR) is 46.4 cm³/mol. The molecule has 2 N–H and O–H groups in total. The highest BCUT2D eigenvalue weighted by Gasteiger charge is 2.26. The van der Waals surface area contributed by atoms with Crippen molar-refractivity contribution in [1.82, 2.24) is 5.32 Å². The first-order chi connectivity index (χ1) is 5.72. The van der Waals surface area contributed by atoms with Gasteiger partial charge in [0.15, 0.2) is 0 Å². The van der Waals surface area contributed by atoms with Crippen LogP contribution in [0.1, 0.15) is 26.2 Å². The number of aliphatic hydroxyl groups is 1. The molecule has 1 atom stereocenters. The monoisotopic (exact) mass is 168 g/mol. The van der Waals surface area contributed by atoms with Gasteiger partial charge in [-0.2, -0.15) is 5.26 Å². The molecule has 3 heteroatoms. The zero-order chi connectivity index (χ0) is 8.97. The maximum absolute atomic E-state index is 9.01. The molecule has 0 aromatic heterocycles. The molecular formula is C9H16N2O. The smallest absolute Gasteiger partial charge is 0.0638 e. The van der Waals surface area contributed by atoms with E-state index in [4.69, 9.17) is 10.4 Å². The molecule has 0 saturated heterocycles. The molecule has 0 aromatic rings. The number of hydrogen-bond acceptors (Lipinski definition) is 3. The quantitative estimate of drug-likeness (QED) is 0.648. The fourth-order valence-corrected chi connectivity index (χ4v) is 1.44. The van der Waals surface area contributed by atoms with Gasteiger partial charge in [-0.1, -0.05) is 0 Å². The van der Waals surface area contributed by atoms with Crippen LogP contribution in [0.15, 0.2) is 0 Å². The molecular weight excluding hydrogens is 152 g/mol. The molecule has 1 saturated carbocycles. The molecule has 1 aliphatic carbocycles. The van der Waals surface area contributed by atoms with E-state index in [2.05, 4.69) is 11.4 Å². The molecule has 1 aliphatic rings. The van der Waals surface area contributed by atoms with E-state index >= 15 is 0 Å². The van der Waals surface area contributed by atoms with Crippen molar-refractivity contribution >= 4 is 0 Å². The second kappa shape index (κ2) is 4.44. The highest BCUT2D eigenvalue weighted by Crippen LogP contribution is 2.26. The van der Waals surface area contributed by atoms with Crippen LogP contribution in [0.4, 0.5) is 0 Å². The third kappa shape index (κ3) is 2.80. The van der Waals surface area contributed by atoms with Crippen molar-refractivity contribution in [3.05, 3.63) is 0 Å². The Hall–Kier alpha value is -0.590. The van der Waals surface area contributed by atoms with Crippen LogP contribution in [0.5, 0.6) is 0 Å². The molecule has 0 amide bonds. The van der Waals surface area contributed by atoms with Crippen LogP contribution < -0.4 is 5.32 Å². The van der Waals surface area contributed by atoms with Gasteiger partial charge in [0, 0.05) is 6.04 Å². The molecule has 1 rings (SSSR count). The number of rotatable bonds is 4. The summed E-state index contributed by atoms with van der Waals surface area (Å²) in [5.41, 5.74) is 0. The van der Waals surface area contributed by atoms with Gasteiger partial charge in [0.1, 0.15) is 0 Å². The van der Waals surface area contributed by atoms with Crippen molar-refractivity contribution < 1.29 is 5.11 Å². The Kier molecular flexibility index (Phi) is 3.51. The summed E-state index contributed by atoms with van der Waals surface area (Å²) in [6.07, 6.45) is 2.34. The second-order valence-electron chi connectivity index (χ2n) is 3.66. The van der Waals surface area contributed by atoms with Gasteiger partial charge in [-0.25, -0.2) is 0 Å². The van der Waals surface area contributed by atoms with Gasteiger partial charge in [-0.3, -0.25) is 0 Å². The summed E-state index contributed by atoms with van der Waals surface area (Å²) in [6.45, 7) is 2.96. The van der Waals surface area contributed by atoms with Crippen LogP contribution in [-0.4, -0.2) is 23.8 Å². The predicted octanol–water partition coefficient (Wildman–Crippen LogP) is 0.649. The Labute approximate surface area is 73.4 Å². The lowest BCUT2D eigenvalue weighted by molar-refractivity contribution is 0.0421. The van der Waals surface area contributed by atoms with E-state index < -0.39 is 0 Å². The summed E-state index contributed by atoms with van der Waals surface area (Å²) in [7, 11) is 0. The molecule has 0 radical (unpaired) electrons.